The van der Waals surface area contributed by atoms with Crippen LogP contribution >= 0.6 is 0 Å². The Morgan fingerprint density at radius 3 is 2.39 bits per heavy atom. The van der Waals surface area contributed by atoms with Crippen LogP contribution in [0.25, 0.3) is 0 Å². The minimum absolute atomic E-state index is 0.107. The zero-order chi connectivity index (χ0) is 21.8. The summed E-state index contributed by atoms with van der Waals surface area (Å²) < 4.78 is 13.3. The number of rotatable bonds is 6. The Balaban J connectivity index is 1.62. The van der Waals surface area contributed by atoms with Crippen LogP contribution in [-0.2, 0) is 27.3 Å². The van der Waals surface area contributed by atoms with E-state index in [4.69, 9.17) is 0 Å². The smallest absolute Gasteiger partial charge is 0.257 e. The molecule has 0 radical (unpaired) electrons. The average Bonchev–Trinajstić information content (AvgIpc) is 3.08. The molecule has 3 aromatic rings. The Morgan fingerprint density at radius 1 is 1.00 bits per heavy atom. The molecule has 0 bridgehead atoms. The maximum Gasteiger partial charge on any atom is 0.257 e. The molecule has 0 N–H and O–H groups in total. The number of anilines is 1. The summed E-state index contributed by atoms with van der Waals surface area (Å²) in [7, 11) is 0. The second kappa shape index (κ2) is 8.87. The van der Waals surface area contributed by atoms with Gasteiger partial charge in [0.2, 0.25) is 11.8 Å². The summed E-state index contributed by atoms with van der Waals surface area (Å²) in [5, 5.41) is 0. The third-order valence-electron chi connectivity index (χ3n) is 5.18. The Kier molecular flexibility index (Phi) is 5.84. The second-order valence-corrected chi connectivity index (χ2v) is 7.31. The molecule has 0 saturated carbocycles. The lowest BCUT2D eigenvalue weighted by Gasteiger charge is -2.28. The largest absolute Gasteiger partial charge is 0.325 e. The maximum absolute atomic E-state index is 13.3. The van der Waals surface area contributed by atoms with E-state index >= 15 is 0 Å². The Bertz CT molecular complexity index is 1090. The van der Waals surface area contributed by atoms with E-state index in [1.165, 1.54) is 29.2 Å². The molecule has 0 spiro atoms. The monoisotopic (exact) mass is 417 g/mol. The van der Waals surface area contributed by atoms with Gasteiger partial charge in [-0.05, 0) is 41.5 Å². The van der Waals surface area contributed by atoms with Crippen molar-refractivity contribution in [3.63, 3.8) is 0 Å². The van der Waals surface area contributed by atoms with Crippen molar-refractivity contribution in [1.29, 1.82) is 0 Å². The fraction of sp³-hybridized carbons (Fsp3) is 0.167. The van der Waals surface area contributed by atoms with Crippen LogP contribution in [0.2, 0.25) is 0 Å². The highest BCUT2D eigenvalue weighted by Crippen LogP contribution is 2.27. The number of amides is 3. The lowest BCUT2D eigenvalue weighted by Crippen LogP contribution is -2.45. The van der Waals surface area contributed by atoms with E-state index in [1.54, 1.807) is 18.5 Å². The third-order valence-corrected chi connectivity index (χ3v) is 5.18. The summed E-state index contributed by atoms with van der Waals surface area (Å²) in [6.07, 6.45) is 3.23. The van der Waals surface area contributed by atoms with Crippen LogP contribution < -0.4 is 4.90 Å². The lowest BCUT2D eigenvalue weighted by molar-refractivity contribution is -0.138. The van der Waals surface area contributed by atoms with Crippen LogP contribution in [0.4, 0.5) is 10.1 Å². The van der Waals surface area contributed by atoms with Gasteiger partial charge < -0.3 is 4.90 Å². The van der Waals surface area contributed by atoms with Crippen LogP contribution in [-0.4, -0.2) is 33.6 Å². The molecule has 156 valence electrons. The van der Waals surface area contributed by atoms with Gasteiger partial charge in [-0.3, -0.25) is 19.4 Å². The Labute approximate surface area is 178 Å². The van der Waals surface area contributed by atoms with Crippen molar-refractivity contribution in [2.45, 2.75) is 25.4 Å². The molecule has 31 heavy (non-hydrogen) atoms. The minimum Gasteiger partial charge on any atom is -0.325 e. The van der Waals surface area contributed by atoms with Crippen LogP contribution in [0.1, 0.15) is 17.5 Å². The van der Waals surface area contributed by atoms with Crippen molar-refractivity contribution in [3.05, 3.63) is 96.1 Å². The molecule has 6 nitrogen and oxygen atoms in total. The normalized spacial score (nSPS) is 15.9. The van der Waals surface area contributed by atoms with Gasteiger partial charge in [-0.2, -0.15) is 0 Å². The second-order valence-electron chi connectivity index (χ2n) is 7.31. The molecule has 7 heteroatoms. The molecule has 1 fully saturated rings. The number of carbonyl (C=O) groups excluding carboxylic acids is 3. The van der Waals surface area contributed by atoms with Crippen LogP contribution in [0.15, 0.2) is 79.1 Å². The van der Waals surface area contributed by atoms with Gasteiger partial charge in [0.05, 0.1) is 18.5 Å². The third kappa shape index (κ3) is 4.50. The summed E-state index contributed by atoms with van der Waals surface area (Å²) in [4.78, 5) is 45.6. The molecule has 1 aliphatic rings. The number of benzene rings is 2. The predicted octanol–water partition coefficient (Wildman–Crippen LogP) is 3.12. The van der Waals surface area contributed by atoms with Crippen molar-refractivity contribution in [3.8, 4) is 0 Å². The number of halogens is 1. The molecule has 1 unspecified atom stereocenters. The van der Waals surface area contributed by atoms with Crippen molar-refractivity contribution in [2.24, 2.45) is 0 Å². The van der Waals surface area contributed by atoms with Crippen LogP contribution in [0.5, 0.6) is 0 Å². The first-order valence-corrected chi connectivity index (χ1v) is 9.87. The molecule has 1 saturated heterocycles. The minimum atomic E-state index is -0.936. The SMILES string of the molecule is O=C1CC(N(Cc2cccnc2)C(=O)Cc2ccccc2)C(=O)N1c1ccc(F)cc1. The number of pyridine rings is 1. The molecule has 0 aliphatic carbocycles. The fourth-order valence-electron chi connectivity index (χ4n) is 3.65. The summed E-state index contributed by atoms with van der Waals surface area (Å²) in [5.74, 6) is -1.65. The zero-order valence-electron chi connectivity index (χ0n) is 16.6. The molecule has 4 rings (SSSR count). The number of imide groups is 1. The zero-order valence-corrected chi connectivity index (χ0v) is 16.6. The molecular weight excluding hydrogens is 397 g/mol. The van der Waals surface area contributed by atoms with Gasteiger partial charge in [-0.1, -0.05) is 36.4 Å². The first-order valence-electron chi connectivity index (χ1n) is 9.87. The Hall–Kier alpha value is -3.87. The molecule has 2 aromatic carbocycles. The predicted molar refractivity (Wildman–Crippen MR) is 112 cm³/mol. The number of carbonyl (C=O) groups is 3. The highest BCUT2D eigenvalue weighted by atomic mass is 19.1. The number of nitrogens with zero attached hydrogens (tertiary/aromatic N) is 3. The van der Waals surface area contributed by atoms with Gasteiger partial charge in [0.1, 0.15) is 11.9 Å². The van der Waals surface area contributed by atoms with Crippen LogP contribution in [0, 0.1) is 5.82 Å². The van der Waals surface area contributed by atoms with E-state index in [0.29, 0.717) is 0 Å². The Morgan fingerprint density at radius 2 is 1.71 bits per heavy atom. The van der Waals surface area contributed by atoms with E-state index in [2.05, 4.69) is 4.98 Å². The summed E-state index contributed by atoms with van der Waals surface area (Å²) >= 11 is 0. The standard InChI is InChI=1S/C24H20FN3O3/c25-19-8-10-20(11-9-19)28-23(30)14-21(24(28)31)27(16-18-7-4-12-26-15-18)22(29)13-17-5-2-1-3-6-17/h1-12,15,21H,13-14,16H2. The van der Waals surface area contributed by atoms with Crippen molar-refractivity contribution in [1.82, 2.24) is 9.88 Å². The lowest BCUT2D eigenvalue weighted by atomic mass is 10.1. The maximum atomic E-state index is 13.3. The number of aromatic nitrogens is 1. The van der Waals surface area contributed by atoms with E-state index < -0.39 is 23.7 Å². The molecule has 1 atom stereocenters. The van der Waals surface area contributed by atoms with Crippen molar-refractivity contribution < 1.29 is 18.8 Å². The van der Waals surface area contributed by atoms with E-state index in [1.807, 2.05) is 36.4 Å². The molecular formula is C24H20FN3O3. The van der Waals surface area contributed by atoms with Gasteiger partial charge in [0, 0.05) is 18.9 Å². The first kappa shape index (κ1) is 20.4. The van der Waals surface area contributed by atoms with Gasteiger partial charge in [0.15, 0.2) is 0 Å². The summed E-state index contributed by atoms with van der Waals surface area (Å²) in [5.41, 5.74) is 1.86. The van der Waals surface area contributed by atoms with E-state index in [0.717, 1.165) is 16.0 Å². The van der Waals surface area contributed by atoms with E-state index in [-0.39, 0.29) is 31.0 Å². The molecule has 2 heterocycles. The molecule has 3 amide bonds. The van der Waals surface area contributed by atoms with Gasteiger partial charge in [-0.15, -0.1) is 0 Å². The van der Waals surface area contributed by atoms with Gasteiger partial charge in [0.25, 0.3) is 5.91 Å². The van der Waals surface area contributed by atoms with E-state index in [9.17, 15) is 18.8 Å². The quantitative estimate of drug-likeness (QED) is 0.578. The van der Waals surface area contributed by atoms with Crippen molar-refractivity contribution in [2.75, 3.05) is 4.90 Å². The number of hydrogen-bond donors (Lipinski definition) is 0. The fourth-order valence-corrected chi connectivity index (χ4v) is 3.65. The summed E-state index contributed by atoms with van der Waals surface area (Å²) in [6.45, 7) is 0.153. The summed E-state index contributed by atoms with van der Waals surface area (Å²) in [6, 6.07) is 17.0. The topological polar surface area (TPSA) is 70.6 Å². The highest BCUT2D eigenvalue weighted by Gasteiger charge is 2.44. The van der Waals surface area contributed by atoms with Gasteiger partial charge in [-0.25, -0.2) is 9.29 Å². The van der Waals surface area contributed by atoms with Crippen LogP contribution in [0.3, 0.4) is 0 Å². The number of hydrogen-bond acceptors (Lipinski definition) is 4. The van der Waals surface area contributed by atoms with Crippen molar-refractivity contribution >= 4 is 23.4 Å². The first-order chi connectivity index (χ1) is 15.0. The van der Waals surface area contributed by atoms with Gasteiger partial charge >= 0.3 is 0 Å². The molecule has 1 aliphatic heterocycles. The molecule has 1 aromatic heterocycles. The average molecular weight is 417 g/mol. The highest BCUT2D eigenvalue weighted by molar-refractivity contribution is 6.23.